The third kappa shape index (κ3) is 5.21. The maximum absolute atomic E-state index is 15.6. The number of hydrogen-bond donors (Lipinski definition) is 1. The fraction of sp³-hybridized carbons (Fsp3) is 0.286. The third-order valence-corrected chi connectivity index (χ3v) is 8.76. The zero-order valence-corrected chi connectivity index (χ0v) is 24.8. The summed E-state index contributed by atoms with van der Waals surface area (Å²) >= 11 is 0. The van der Waals surface area contributed by atoms with E-state index < -0.39 is 11.6 Å². The van der Waals surface area contributed by atoms with Gasteiger partial charge in [-0.1, -0.05) is 25.1 Å². The van der Waals surface area contributed by atoms with Gasteiger partial charge in [0, 0.05) is 42.5 Å². The van der Waals surface area contributed by atoms with Crippen molar-refractivity contribution in [2.24, 2.45) is 11.8 Å². The molecule has 0 amide bonds. The molecule has 3 atom stereocenters. The Morgan fingerprint density at radius 2 is 1.84 bits per heavy atom. The number of hydrogen-bond acceptors (Lipinski definition) is 7. The Hall–Kier alpha value is -4.63. The first-order chi connectivity index (χ1) is 21.4. The average Bonchev–Trinajstić information content (AvgIpc) is 3.79. The minimum Gasteiger partial charge on any atom is -0.496 e. The standard InChI is InChI=1S/C35H33F2N5O2/c1-20-14-25(20)31-19-42(12-13-44-31)23-17-29(35(39-18-23)24-8-4-5-10-30(24)43-3)41-34-21(2)33(27-9-6-7-11-38-27)40-28-16-22(36)15-26(37)32(28)34/h4-11,15-18,20,25,31H,12-14,19H2,1-3H3,(H,40,41)/t20?,25-,31?/m0/s1. The van der Waals surface area contributed by atoms with Crippen molar-refractivity contribution in [2.75, 3.05) is 37.0 Å². The number of fused-ring (bicyclic) bond motifs is 1. The summed E-state index contributed by atoms with van der Waals surface area (Å²) in [5.41, 5.74) is 5.46. The number of aromatic nitrogens is 3. The van der Waals surface area contributed by atoms with Crippen LogP contribution in [0.5, 0.6) is 5.75 Å². The van der Waals surface area contributed by atoms with Crippen LogP contribution < -0.4 is 15.0 Å². The van der Waals surface area contributed by atoms with Gasteiger partial charge in [-0.3, -0.25) is 9.97 Å². The molecule has 5 aromatic rings. The van der Waals surface area contributed by atoms with E-state index in [9.17, 15) is 4.39 Å². The predicted molar refractivity (Wildman–Crippen MR) is 168 cm³/mol. The summed E-state index contributed by atoms with van der Waals surface area (Å²) in [4.78, 5) is 16.4. The van der Waals surface area contributed by atoms with Crippen LogP contribution in [0.2, 0.25) is 0 Å². The van der Waals surface area contributed by atoms with Gasteiger partial charge < -0.3 is 19.7 Å². The molecule has 0 spiro atoms. The average molecular weight is 594 g/mol. The van der Waals surface area contributed by atoms with Crippen molar-refractivity contribution in [2.45, 2.75) is 26.4 Å². The van der Waals surface area contributed by atoms with Gasteiger partial charge in [-0.15, -0.1) is 0 Å². The van der Waals surface area contributed by atoms with Crippen LogP contribution in [0.4, 0.5) is 25.8 Å². The lowest BCUT2D eigenvalue weighted by molar-refractivity contribution is 0.0234. The van der Waals surface area contributed by atoms with Crippen LogP contribution in [-0.2, 0) is 4.74 Å². The Kier molecular flexibility index (Phi) is 7.34. The summed E-state index contributed by atoms with van der Waals surface area (Å²) in [5, 5.41) is 3.72. The molecule has 4 heterocycles. The van der Waals surface area contributed by atoms with Crippen molar-refractivity contribution in [3.8, 4) is 28.4 Å². The largest absolute Gasteiger partial charge is 0.496 e. The Morgan fingerprint density at radius 1 is 1.02 bits per heavy atom. The second-order valence-electron chi connectivity index (χ2n) is 11.6. The predicted octanol–water partition coefficient (Wildman–Crippen LogP) is 7.56. The fourth-order valence-corrected chi connectivity index (χ4v) is 6.26. The first-order valence-electron chi connectivity index (χ1n) is 14.9. The number of morpholine rings is 1. The molecular weight excluding hydrogens is 560 g/mol. The van der Waals surface area contributed by atoms with E-state index in [1.54, 1.807) is 13.3 Å². The van der Waals surface area contributed by atoms with Gasteiger partial charge in [0.2, 0.25) is 0 Å². The molecule has 1 saturated carbocycles. The third-order valence-electron chi connectivity index (χ3n) is 8.76. The van der Waals surface area contributed by atoms with Gasteiger partial charge in [-0.25, -0.2) is 13.8 Å². The Bertz CT molecular complexity index is 1850. The molecule has 44 heavy (non-hydrogen) atoms. The zero-order valence-electron chi connectivity index (χ0n) is 24.8. The lowest BCUT2D eigenvalue weighted by atomic mass is 10.0. The normalized spacial score (nSPS) is 19.7. The van der Waals surface area contributed by atoms with Crippen molar-refractivity contribution in [3.05, 3.63) is 90.3 Å². The van der Waals surface area contributed by atoms with Crippen molar-refractivity contribution in [1.29, 1.82) is 0 Å². The van der Waals surface area contributed by atoms with E-state index in [2.05, 4.69) is 27.1 Å². The van der Waals surface area contributed by atoms with Gasteiger partial charge in [0.1, 0.15) is 17.4 Å². The number of nitrogens with one attached hydrogen (secondary N) is 1. The molecule has 1 saturated heterocycles. The summed E-state index contributed by atoms with van der Waals surface area (Å²) in [7, 11) is 1.62. The molecule has 3 aromatic heterocycles. The number of para-hydroxylation sites is 1. The molecule has 1 aliphatic carbocycles. The van der Waals surface area contributed by atoms with Crippen LogP contribution in [0.1, 0.15) is 18.9 Å². The summed E-state index contributed by atoms with van der Waals surface area (Å²) in [5.74, 6) is 0.510. The maximum Gasteiger partial charge on any atom is 0.137 e. The van der Waals surface area contributed by atoms with Crippen LogP contribution in [0.3, 0.4) is 0 Å². The van der Waals surface area contributed by atoms with Gasteiger partial charge in [0.25, 0.3) is 0 Å². The topological polar surface area (TPSA) is 72.4 Å². The van der Waals surface area contributed by atoms with Crippen molar-refractivity contribution >= 4 is 28.0 Å². The van der Waals surface area contributed by atoms with Crippen LogP contribution in [0.15, 0.2) is 73.1 Å². The van der Waals surface area contributed by atoms with E-state index in [0.717, 1.165) is 30.4 Å². The highest BCUT2D eigenvalue weighted by Gasteiger charge is 2.42. The first-order valence-corrected chi connectivity index (χ1v) is 14.9. The van der Waals surface area contributed by atoms with Gasteiger partial charge in [-0.05, 0) is 55.5 Å². The molecule has 7 nitrogen and oxygen atoms in total. The van der Waals surface area contributed by atoms with Crippen LogP contribution in [0, 0.1) is 30.4 Å². The molecule has 1 aliphatic heterocycles. The molecule has 0 bridgehead atoms. The summed E-state index contributed by atoms with van der Waals surface area (Å²) in [6.45, 7) is 6.29. The Morgan fingerprint density at radius 3 is 2.61 bits per heavy atom. The first kappa shape index (κ1) is 28.2. The van der Waals surface area contributed by atoms with E-state index in [1.165, 1.54) is 12.5 Å². The molecule has 1 N–H and O–H groups in total. The zero-order chi connectivity index (χ0) is 30.4. The molecule has 2 aliphatic rings. The van der Waals surface area contributed by atoms with Gasteiger partial charge in [0.15, 0.2) is 0 Å². The molecule has 224 valence electrons. The van der Waals surface area contributed by atoms with Crippen LogP contribution >= 0.6 is 0 Å². The van der Waals surface area contributed by atoms with Crippen molar-refractivity contribution < 1.29 is 18.3 Å². The van der Waals surface area contributed by atoms with Crippen molar-refractivity contribution in [1.82, 2.24) is 15.0 Å². The van der Waals surface area contributed by atoms with Crippen LogP contribution in [0.25, 0.3) is 33.5 Å². The van der Waals surface area contributed by atoms with E-state index >= 15 is 4.39 Å². The molecular formula is C35H33F2N5O2. The number of rotatable bonds is 7. The van der Waals surface area contributed by atoms with E-state index in [0.29, 0.717) is 58.2 Å². The number of pyridine rings is 3. The van der Waals surface area contributed by atoms with Gasteiger partial charge in [0.05, 0.1) is 71.1 Å². The SMILES string of the molecule is COc1ccccc1-c1ncc(N2CCOC([C@H]3CC3C)C2)cc1Nc1c(C)c(-c2ccccn2)nc2cc(F)cc(F)c12. The lowest BCUT2D eigenvalue weighted by Crippen LogP contribution is -2.43. The summed E-state index contributed by atoms with van der Waals surface area (Å²) in [6, 6.07) is 17.3. The van der Waals surface area contributed by atoms with Gasteiger partial charge >= 0.3 is 0 Å². The number of halogens is 2. The quantitative estimate of drug-likeness (QED) is 0.209. The Balaban J connectivity index is 1.40. The smallest absolute Gasteiger partial charge is 0.137 e. The Labute approximate surface area is 254 Å². The second-order valence-corrected chi connectivity index (χ2v) is 11.6. The monoisotopic (exact) mass is 593 g/mol. The molecule has 2 fully saturated rings. The van der Waals surface area contributed by atoms with E-state index in [4.69, 9.17) is 14.5 Å². The number of anilines is 3. The molecule has 2 aromatic carbocycles. The number of nitrogens with zero attached hydrogens (tertiary/aromatic N) is 4. The highest BCUT2D eigenvalue weighted by atomic mass is 19.1. The van der Waals surface area contributed by atoms with Crippen LogP contribution in [-0.4, -0.2) is 47.9 Å². The molecule has 9 heteroatoms. The van der Waals surface area contributed by atoms with Crippen molar-refractivity contribution in [3.63, 3.8) is 0 Å². The molecule has 7 rings (SSSR count). The fourth-order valence-electron chi connectivity index (χ4n) is 6.26. The summed E-state index contributed by atoms with van der Waals surface area (Å²) < 4.78 is 41.9. The van der Waals surface area contributed by atoms with E-state index in [-0.39, 0.29) is 17.0 Å². The lowest BCUT2D eigenvalue weighted by Gasteiger charge is -2.35. The number of ether oxygens (including phenoxy) is 2. The highest BCUT2D eigenvalue weighted by molar-refractivity contribution is 5.99. The minimum atomic E-state index is -0.705. The number of benzene rings is 2. The number of methoxy groups -OCH3 is 1. The second kappa shape index (κ2) is 11.5. The van der Waals surface area contributed by atoms with E-state index in [1.807, 2.05) is 61.7 Å². The highest BCUT2D eigenvalue weighted by Crippen LogP contribution is 2.44. The maximum atomic E-state index is 15.6. The van der Waals surface area contributed by atoms with Gasteiger partial charge in [-0.2, -0.15) is 0 Å². The minimum absolute atomic E-state index is 0.181. The molecule has 2 unspecified atom stereocenters. The summed E-state index contributed by atoms with van der Waals surface area (Å²) in [6.07, 6.45) is 4.92. The molecule has 0 radical (unpaired) electrons.